The van der Waals surface area contributed by atoms with E-state index < -0.39 is 66.0 Å². The van der Waals surface area contributed by atoms with Crippen LogP contribution in [0.5, 0.6) is 17.2 Å². The summed E-state index contributed by atoms with van der Waals surface area (Å²) in [6, 6.07) is 10.1. The van der Waals surface area contributed by atoms with Crippen LogP contribution in [0.1, 0.15) is 71.1 Å². The smallest absolute Gasteiger partial charge is 0.305 e. The van der Waals surface area contributed by atoms with Gasteiger partial charge in [0.1, 0.15) is 36.6 Å². The standard InChI is InChI=1S/C39H48O11/c1-2-3-4-5-6-7-8-9-10-11-12-13-14-15-16-21-32(42)47-25-31-34(44)35(45)36(46)39(49-31)50-38-33(43)27-19-17-18-20-30(27)48-37(38)26-22-23-28(40)29(41)24-26/h3-4,6-7,9-10,17-20,22-24,31,34-36,39-41,44-46H,2,5,8,11-16,21,25H2,1H3/b4-3-,7-6-,10-9-/t31-,34-,35+,36-,39+/m1/s1. The van der Waals surface area contributed by atoms with E-state index in [-0.39, 0.29) is 28.7 Å². The number of hydrogen-bond donors (Lipinski definition) is 5. The number of phenols is 2. The number of aliphatic hydroxyl groups excluding tert-OH is 3. The molecule has 1 aliphatic heterocycles. The summed E-state index contributed by atoms with van der Waals surface area (Å²) in [5.74, 6) is -1.91. The van der Waals surface area contributed by atoms with Gasteiger partial charge in [-0.1, -0.05) is 74.8 Å². The number of ether oxygens (including phenoxy) is 3. The van der Waals surface area contributed by atoms with Crippen LogP contribution in [0.15, 0.2) is 88.1 Å². The highest BCUT2D eigenvalue weighted by atomic mass is 16.7. The van der Waals surface area contributed by atoms with E-state index in [2.05, 4.69) is 43.4 Å². The second kappa shape index (κ2) is 19.7. The van der Waals surface area contributed by atoms with Crippen LogP contribution in [0.2, 0.25) is 0 Å². The Balaban J connectivity index is 1.27. The average molecular weight is 693 g/mol. The van der Waals surface area contributed by atoms with Gasteiger partial charge in [0.05, 0.1) is 5.39 Å². The van der Waals surface area contributed by atoms with Crippen LogP contribution in [0.3, 0.4) is 0 Å². The molecule has 11 heteroatoms. The molecule has 1 aliphatic rings. The summed E-state index contributed by atoms with van der Waals surface area (Å²) in [6.07, 6.45) is 13.7. The number of carbonyl (C=O) groups is 1. The summed E-state index contributed by atoms with van der Waals surface area (Å²) in [5, 5.41) is 51.9. The zero-order valence-electron chi connectivity index (χ0n) is 28.4. The number of para-hydroxylation sites is 1. The van der Waals surface area contributed by atoms with Crippen LogP contribution in [0.25, 0.3) is 22.3 Å². The lowest BCUT2D eigenvalue weighted by Crippen LogP contribution is -2.60. The molecule has 1 fully saturated rings. The van der Waals surface area contributed by atoms with Crippen molar-refractivity contribution in [2.45, 2.75) is 102 Å². The van der Waals surface area contributed by atoms with Crippen LogP contribution in [0, 0.1) is 0 Å². The number of esters is 1. The van der Waals surface area contributed by atoms with Crippen molar-refractivity contribution in [1.29, 1.82) is 0 Å². The van der Waals surface area contributed by atoms with E-state index in [1.807, 2.05) is 0 Å². The zero-order chi connectivity index (χ0) is 35.9. The molecule has 270 valence electrons. The van der Waals surface area contributed by atoms with Gasteiger partial charge in [0.2, 0.25) is 17.5 Å². The minimum atomic E-state index is -1.80. The van der Waals surface area contributed by atoms with Crippen molar-refractivity contribution in [3.8, 4) is 28.6 Å². The zero-order valence-corrected chi connectivity index (χ0v) is 28.4. The number of unbranched alkanes of at least 4 members (excludes halogenated alkanes) is 5. The van der Waals surface area contributed by atoms with Crippen molar-refractivity contribution < 1.29 is 49.0 Å². The Morgan fingerprint density at radius 3 is 2.28 bits per heavy atom. The largest absolute Gasteiger partial charge is 0.504 e. The third kappa shape index (κ3) is 10.8. The van der Waals surface area contributed by atoms with E-state index in [4.69, 9.17) is 18.6 Å². The third-order valence-corrected chi connectivity index (χ3v) is 8.34. The van der Waals surface area contributed by atoms with E-state index in [9.17, 15) is 35.1 Å². The summed E-state index contributed by atoms with van der Waals surface area (Å²) in [4.78, 5) is 26.0. The van der Waals surface area contributed by atoms with Gasteiger partial charge < -0.3 is 44.2 Å². The average Bonchev–Trinajstić information content (AvgIpc) is 3.11. The number of benzene rings is 2. The molecular weight excluding hydrogens is 644 g/mol. The van der Waals surface area contributed by atoms with Crippen molar-refractivity contribution >= 4 is 16.9 Å². The number of aliphatic hydroxyl groups is 3. The second-order valence-electron chi connectivity index (χ2n) is 12.2. The summed E-state index contributed by atoms with van der Waals surface area (Å²) >= 11 is 0. The van der Waals surface area contributed by atoms with Gasteiger partial charge in [0.15, 0.2) is 17.3 Å². The van der Waals surface area contributed by atoms with E-state index in [1.165, 1.54) is 24.3 Å². The summed E-state index contributed by atoms with van der Waals surface area (Å²) in [5.41, 5.74) is -0.259. The van der Waals surface area contributed by atoms with Gasteiger partial charge >= 0.3 is 5.97 Å². The first-order valence-corrected chi connectivity index (χ1v) is 17.3. The number of fused-ring (bicyclic) bond motifs is 1. The number of hydrogen-bond acceptors (Lipinski definition) is 11. The van der Waals surface area contributed by atoms with Gasteiger partial charge in [-0.2, -0.15) is 0 Å². The van der Waals surface area contributed by atoms with Crippen LogP contribution < -0.4 is 10.2 Å². The molecular formula is C39H48O11. The Labute approximate surface area is 291 Å². The number of carbonyl (C=O) groups excluding carboxylic acids is 1. The first kappa shape index (κ1) is 38.4. The number of aromatic hydroxyl groups is 2. The molecule has 1 saturated heterocycles. The predicted octanol–water partition coefficient (Wildman–Crippen LogP) is 6.19. The maximum atomic E-state index is 13.6. The second-order valence-corrected chi connectivity index (χ2v) is 12.2. The normalized spacial score (nSPS) is 21.1. The first-order valence-electron chi connectivity index (χ1n) is 17.3. The molecule has 0 amide bonds. The molecule has 4 rings (SSSR count). The molecule has 0 unspecified atom stereocenters. The van der Waals surface area contributed by atoms with Gasteiger partial charge in [0.25, 0.3) is 0 Å². The summed E-state index contributed by atoms with van der Waals surface area (Å²) in [7, 11) is 0. The summed E-state index contributed by atoms with van der Waals surface area (Å²) < 4.78 is 22.8. The Kier molecular flexibility index (Phi) is 15.1. The Hall–Kier alpha value is -4.42. The number of allylic oxidation sites excluding steroid dienone is 6. The fraction of sp³-hybridized carbons (Fsp3) is 0.436. The monoisotopic (exact) mass is 692 g/mol. The van der Waals surface area contributed by atoms with Crippen molar-refractivity contribution in [1.82, 2.24) is 0 Å². The molecule has 2 aromatic carbocycles. The molecule has 0 bridgehead atoms. The lowest BCUT2D eigenvalue weighted by atomic mass is 9.99. The van der Waals surface area contributed by atoms with Crippen LogP contribution in [0.4, 0.5) is 0 Å². The van der Waals surface area contributed by atoms with Gasteiger partial charge in [-0.05, 0) is 68.9 Å². The molecule has 0 aliphatic carbocycles. The van der Waals surface area contributed by atoms with Gasteiger partial charge in [-0.25, -0.2) is 0 Å². The Bertz CT molecular complexity index is 1670. The van der Waals surface area contributed by atoms with Crippen molar-refractivity contribution in [2.75, 3.05) is 6.61 Å². The first-order chi connectivity index (χ1) is 24.2. The topological polar surface area (TPSA) is 176 Å². The van der Waals surface area contributed by atoms with E-state index >= 15 is 0 Å². The van der Waals surface area contributed by atoms with Gasteiger partial charge in [-0.3, -0.25) is 9.59 Å². The molecule has 5 atom stereocenters. The van der Waals surface area contributed by atoms with E-state index in [1.54, 1.807) is 18.2 Å². The maximum absolute atomic E-state index is 13.6. The molecule has 0 spiro atoms. The van der Waals surface area contributed by atoms with E-state index in [0.29, 0.717) is 6.42 Å². The van der Waals surface area contributed by atoms with Gasteiger partial charge in [-0.15, -0.1) is 0 Å². The fourth-order valence-electron chi connectivity index (χ4n) is 5.49. The SMILES string of the molecule is CC/C=C\C/C=C\C/C=C\CCCCCCCC(=O)OC[C@H]1O[C@@H](Oc2c(-c3ccc(O)c(O)c3)oc3ccccc3c2=O)[C@H](O)[C@@H](O)[C@@H]1O. The number of phenolic OH excluding ortho intramolecular Hbond substituents is 2. The minimum Gasteiger partial charge on any atom is -0.504 e. The Morgan fingerprint density at radius 2 is 1.52 bits per heavy atom. The highest BCUT2D eigenvalue weighted by Gasteiger charge is 2.46. The van der Waals surface area contributed by atoms with Crippen molar-refractivity contribution in [3.05, 3.63) is 89.1 Å². The molecule has 50 heavy (non-hydrogen) atoms. The molecule has 3 aromatic rings. The number of rotatable bonds is 18. The molecule has 2 heterocycles. The van der Waals surface area contributed by atoms with E-state index in [0.717, 1.165) is 51.4 Å². The molecule has 11 nitrogen and oxygen atoms in total. The highest BCUT2D eigenvalue weighted by molar-refractivity contribution is 5.82. The fourth-order valence-corrected chi connectivity index (χ4v) is 5.49. The third-order valence-electron chi connectivity index (χ3n) is 8.34. The van der Waals surface area contributed by atoms with Crippen LogP contribution in [-0.2, 0) is 14.3 Å². The molecule has 0 radical (unpaired) electrons. The van der Waals surface area contributed by atoms with Crippen LogP contribution in [-0.4, -0.2) is 68.8 Å². The summed E-state index contributed by atoms with van der Waals surface area (Å²) in [6.45, 7) is 1.70. The lowest BCUT2D eigenvalue weighted by molar-refractivity contribution is -0.278. The lowest BCUT2D eigenvalue weighted by Gasteiger charge is -2.39. The minimum absolute atomic E-state index is 0.140. The predicted molar refractivity (Wildman–Crippen MR) is 189 cm³/mol. The van der Waals surface area contributed by atoms with Crippen molar-refractivity contribution in [3.63, 3.8) is 0 Å². The maximum Gasteiger partial charge on any atom is 0.305 e. The van der Waals surface area contributed by atoms with Crippen molar-refractivity contribution in [2.24, 2.45) is 0 Å². The quantitative estimate of drug-likeness (QED) is 0.0445. The van der Waals surface area contributed by atoms with Gasteiger partial charge in [0, 0.05) is 12.0 Å². The molecule has 5 N–H and O–H groups in total. The molecule has 0 saturated carbocycles. The highest BCUT2D eigenvalue weighted by Crippen LogP contribution is 2.37. The van der Waals surface area contributed by atoms with Crippen LogP contribution >= 0.6 is 0 Å². The molecule has 1 aromatic heterocycles. The Morgan fingerprint density at radius 1 is 0.820 bits per heavy atom.